The van der Waals surface area contributed by atoms with Gasteiger partial charge < -0.3 is 14.5 Å². The number of carbonyl (C=O) groups is 2. The highest BCUT2D eigenvalue weighted by molar-refractivity contribution is 6.01. The number of amides is 1. The van der Waals surface area contributed by atoms with Crippen molar-refractivity contribution >= 4 is 18.0 Å². The van der Waals surface area contributed by atoms with Crippen LogP contribution in [0.25, 0.3) is 17.4 Å². The fourth-order valence-electron chi connectivity index (χ4n) is 3.73. The number of nitrogens with one attached hydrogen (secondary N) is 1. The average Bonchev–Trinajstić information content (AvgIpc) is 3.20. The summed E-state index contributed by atoms with van der Waals surface area (Å²) in [7, 11) is 0. The quantitative estimate of drug-likeness (QED) is 0.395. The van der Waals surface area contributed by atoms with E-state index in [4.69, 9.17) is 9.15 Å². The number of furan rings is 1. The maximum Gasteiger partial charge on any atom is 0.338 e. The minimum Gasteiger partial charge on any atom is -0.459 e. The fraction of sp³-hybridized carbons (Fsp3) is 0.400. The van der Waals surface area contributed by atoms with Gasteiger partial charge >= 0.3 is 5.97 Å². The molecule has 1 amide bonds. The van der Waals surface area contributed by atoms with Crippen LogP contribution >= 0.6 is 0 Å². The molecule has 0 unspecified atom stereocenters. The smallest absolute Gasteiger partial charge is 0.338 e. The van der Waals surface area contributed by atoms with Gasteiger partial charge in [0.25, 0.3) is 5.91 Å². The van der Waals surface area contributed by atoms with Crippen LogP contribution in [0.5, 0.6) is 0 Å². The summed E-state index contributed by atoms with van der Waals surface area (Å²) in [5.41, 5.74) is 2.19. The van der Waals surface area contributed by atoms with Gasteiger partial charge in [0.1, 0.15) is 23.2 Å². The van der Waals surface area contributed by atoms with Gasteiger partial charge in [-0.1, -0.05) is 25.3 Å². The van der Waals surface area contributed by atoms with Crippen LogP contribution in [0.15, 0.2) is 40.3 Å². The zero-order valence-electron chi connectivity index (χ0n) is 18.2. The number of benzene rings is 1. The molecule has 6 heteroatoms. The molecule has 31 heavy (non-hydrogen) atoms. The summed E-state index contributed by atoms with van der Waals surface area (Å²) >= 11 is 0. The molecule has 1 saturated carbocycles. The number of nitriles is 1. The van der Waals surface area contributed by atoms with E-state index in [1.807, 2.05) is 26.8 Å². The molecule has 6 nitrogen and oxygen atoms in total. The second-order valence-corrected chi connectivity index (χ2v) is 8.16. The van der Waals surface area contributed by atoms with Crippen LogP contribution in [0.2, 0.25) is 0 Å². The van der Waals surface area contributed by atoms with Gasteiger partial charge in [0.2, 0.25) is 0 Å². The highest BCUT2D eigenvalue weighted by Crippen LogP contribution is 2.28. The van der Waals surface area contributed by atoms with Crippen molar-refractivity contribution < 1.29 is 18.7 Å². The van der Waals surface area contributed by atoms with Gasteiger partial charge in [-0.05, 0) is 63.4 Å². The van der Waals surface area contributed by atoms with Crippen molar-refractivity contribution in [2.24, 2.45) is 0 Å². The molecule has 0 radical (unpaired) electrons. The first-order chi connectivity index (χ1) is 14.9. The monoisotopic (exact) mass is 420 g/mol. The van der Waals surface area contributed by atoms with E-state index < -0.39 is 0 Å². The van der Waals surface area contributed by atoms with Crippen LogP contribution in [-0.4, -0.2) is 24.0 Å². The molecule has 0 bridgehead atoms. The maximum atomic E-state index is 12.5. The van der Waals surface area contributed by atoms with E-state index in [0.29, 0.717) is 17.1 Å². The molecule has 0 aliphatic heterocycles. The molecule has 0 spiro atoms. The molecule has 1 aliphatic carbocycles. The molecule has 3 rings (SSSR count). The Morgan fingerprint density at radius 2 is 1.94 bits per heavy atom. The first kappa shape index (κ1) is 22.4. The summed E-state index contributed by atoms with van der Waals surface area (Å²) in [5, 5.41) is 12.4. The van der Waals surface area contributed by atoms with Crippen LogP contribution in [-0.2, 0) is 9.53 Å². The largest absolute Gasteiger partial charge is 0.459 e. The van der Waals surface area contributed by atoms with Gasteiger partial charge in [-0.3, -0.25) is 4.79 Å². The Balaban J connectivity index is 1.74. The van der Waals surface area contributed by atoms with Gasteiger partial charge in [-0.15, -0.1) is 0 Å². The molecule has 1 aliphatic rings. The Bertz CT molecular complexity index is 1020. The predicted octanol–water partition coefficient (Wildman–Crippen LogP) is 5.18. The normalized spacial score (nSPS) is 14.9. The SMILES string of the molecule is Cc1cc(C(=O)OC(C)C)ccc1-c1ccc(/C=C(\C#N)C(=O)NC2CCCCC2)o1. The van der Waals surface area contributed by atoms with Gasteiger partial charge in [0.15, 0.2) is 0 Å². The van der Waals surface area contributed by atoms with Crippen molar-refractivity contribution in [1.29, 1.82) is 5.26 Å². The van der Waals surface area contributed by atoms with Crippen LogP contribution < -0.4 is 5.32 Å². The Morgan fingerprint density at radius 1 is 1.19 bits per heavy atom. The fourth-order valence-corrected chi connectivity index (χ4v) is 3.73. The van der Waals surface area contributed by atoms with Gasteiger partial charge in [0.05, 0.1) is 11.7 Å². The number of rotatable bonds is 6. The summed E-state index contributed by atoms with van der Waals surface area (Å²) in [6.45, 7) is 5.50. The van der Waals surface area contributed by atoms with Crippen LogP contribution in [0, 0.1) is 18.3 Å². The van der Waals surface area contributed by atoms with Crippen molar-refractivity contribution in [2.45, 2.75) is 65.0 Å². The predicted molar refractivity (Wildman–Crippen MR) is 118 cm³/mol. The van der Waals surface area contributed by atoms with E-state index in [2.05, 4.69) is 5.32 Å². The second-order valence-electron chi connectivity index (χ2n) is 8.16. The molecule has 1 fully saturated rings. The van der Waals surface area contributed by atoms with Crippen LogP contribution in [0.1, 0.15) is 67.6 Å². The standard InChI is InChI=1S/C25H28N2O4/c1-16(2)30-25(29)18-9-11-22(17(3)13-18)23-12-10-21(31-23)14-19(15-26)24(28)27-20-7-5-4-6-8-20/h9-14,16,20H,4-8H2,1-3H3,(H,27,28)/b19-14+. The van der Waals surface area contributed by atoms with E-state index in [0.717, 1.165) is 36.8 Å². The molecular weight excluding hydrogens is 392 g/mol. The number of ether oxygens (including phenoxy) is 1. The van der Waals surface area contributed by atoms with E-state index in [1.165, 1.54) is 12.5 Å². The Kier molecular flexibility index (Phi) is 7.30. The van der Waals surface area contributed by atoms with Crippen molar-refractivity contribution in [3.05, 3.63) is 52.8 Å². The van der Waals surface area contributed by atoms with E-state index in [1.54, 1.807) is 30.3 Å². The summed E-state index contributed by atoms with van der Waals surface area (Å²) in [5.74, 6) is 0.289. The third-order valence-electron chi connectivity index (χ3n) is 5.29. The van der Waals surface area contributed by atoms with E-state index >= 15 is 0 Å². The summed E-state index contributed by atoms with van der Waals surface area (Å²) < 4.78 is 11.1. The maximum absolute atomic E-state index is 12.5. The Morgan fingerprint density at radius 3 is 2.58 bits per heavy atom. The summed E-state index contributed by atoms with van der Waals surface area (Å²) in [6.07, 6.45) is 6.59. The number of hydrogen-bond acceptors (Lipinski definition) is 5. The molecule has 162 valence electrons. The second kappa shape index (κ2) is 10.1. The Hall–Kier alpha value is -3.33. The number of aryl methyl sites for hydroxylation is 1. The lowest BCUT2D eigenvalue weighted by Gasteiger charge is -2.22. The van der Waals surface area contributed by atoms with Crippen molar-refractivity contribution in [3.8, 4) is 17.4 Å². The minimum absolute atomic E-state index is 0.0231. The van der Waals surface area contributed by atoms with E-state index in [-0.39, 0.29) is 29.6 Å². The molecule has 1 aromatic heterocycles. The number of nitrogens with zero attached hydrogens (tertiary/aromatic N) is 1. The van der Waals surface area contributed by atoms with Crippen LogP contribution in [0.4, 0.5) is 0 Å². The Labute approximate surface area is 182 Å². The third kappa shape index (κ3) is 5.85. The summed E-state index contributed by atoms with van der Waals surface area (Å²) in [4.78, 5) is 24.6. The van der Waals surface area contributed by atoms with Crippen LogP contribution in [0.3, 0.4) is 0 Å². The number of esters is 1. The number of carbonyl (C=O) groups excluding carboxylic acids is 2. The van der Waals surface area contributed by atoms with Crippen molar-refractivity contribution in [3.63, 3.8) is 0 Å². The lowest BCUT2D eigenvalue weighted by atomic mass is 9.95. The minimum atomic E-state index is -0.365. The summed E-state index contributed by atoms with van der Waals surface area (Å²) in [6, 6.07) is 10.9. The zero-order valence-corrected chi connectivity index (χ0v) is 18.2. The van der Waals surface area contributed by atoms with Gasteiger partial charge in [-0.25, -0.2) is 4.79 Å². The molecule has 2 aromatic rings. The lowest BCUT2D eigenvalue weighted by Crippen LogP contribution is -2.36. The lowest BCUT2D eigenvalue weighted by molar-refractivity contribution is -0.117. The molecular formula is C25H28N2O4. The average molecular weight is 421 g/mol. The zero-order chi connectivity index (χ0) is 22.4. The highest BCUT2D eigenvalue weighted by atomic mass is 16.5. The molecule has 1 N–H and O–H groups in total. The highest BCUT2D eigenvalue weighted by Gasteiger charge is 2.19. The molecule has 0 atom stereocenters. The van der Waals surface area contributed by atoms with Gasteiger partial charge in [0, 0.05) is 17.7 Å². The molecule has 1 heterocycles. The van der Waals surface area contributed by atoms with Gasteiger partial charge in [-0.2, -0.15) is 5.26 Å². The van der Waals surface area contributed by atoms with E-state index in [9.17, 15) is 14.9 Å². The number of hydrogen-bond donors (Lipinski definition) is 1. The molecule has 1 aromatic carbocycles. The first-order valence-electron chi connectivity index (χ1n) is 10.7. The third-order valence-corrected chi connectivity index (χ3v) is 5.29. The molecule has 0 saturated heterocycles. The van der Waals surface area contributed by atoms with Crippen molar-refractivity contribution in [2.75, 3.05) is 0 Å². The topological polar surface area (TPSA) is 92.3 Å². The first-order valence-corrected chi connectivity index (χ1v) is 10.7. The van der Waals surface area contributed by atoms with Crippen molar-refractivity contribution in [1.82, 2.24) is 5.32 Å².